The zero-order valence-corrected chi connectivity index (χ0v) is 20.9. The summed E-state index contributed by atoms with van der Waals surface area (Å²) in [5, 5.41) is 0.150. The minimum atomic E-state index is -0.435. The Balaban J connectivity index is 1.58. The maximum Gasteiger partial charge on any atom is 0.332 e. The van der Waals surface area contributed by atoms with Gasteiger partial charge in [0.2, 0.25) is 11.8 Å². The molecule has 0 bridgehead atoms. The number of anilines is 1. The Morgan fingerprint density at radius 3 is 2.68 bits per heavy atom. The number of hydrogen-bond donors (Lipinski definition) is 0. The van der Waals surface area contributed by atoms with Crippen molar-refractivity contribution in [2.45, 2.75) is 39.1 Å². The minimum Gasteiger partial charge on any atom is -0.338 e. The van der Waals surface area contributed by atoms with E-state index in [4.69, 9.17) is 11.6 Å². The summed E-state index contributed by atoms with van der Waals surface area (Å²) in [6, 6.07) is 13.0. The number of benzene rings is 2. The van der Waals surface area contributed by atoms with Crippen molar-refractivity contribution in [1.29, 1.82) is 0 Å². The van der Waals surface area contributed by atoms with Gasteiger partial charge >= 0.3 is 6.03 Å². The maximum absolute atomic E-state index is 13.9. The van der Waals surface area contributed by atoms with Gasteiger partial charge < -0.3 is 9.80 Å². The van der Waals surface area contributed by atoms with Crippen LogP contribution in [0.5, 0.6) is 0 Å². The maximum atomic E-state index is 13.9. The average molecular weight is 496 g/mol. The molecular weight excluding hydrogens is 470 g/mol. The van der Waals surface area contributed by atoms with Gasteiger partial charge in [-0.3, -0.25) is 9.59 Å². The lowest BCUT2D eigenvalue weighted by atomic mass is 9.89. The van der Waals surface area contributed by atoms with E-state index in [-0.39, 0.29) is 23.2 Å². The van der Waals surface area contributed by atoms with Crippen molar-refractivity contribution in [2.24, 2.45) is 5.92 Å². The molecule has 0 aromatic heterocycles. The summed E-state index contributed by atoms with van der Waals surface area (Å²) in [4.78, 5) is 45.8. The molecule has 0 N–H and O–H groups in total. The van der Waals surface area contributed by atoms with Gasteiger partial charge in [-0.1, -0.05) is 47.5 Å². The number of carbonyl (C=O) groups excluding carboxylic acids is 3. The predicted molar refractivity (Wildman–Crippen MR) is 135 cm³/mol. The lowest BCUT2D eigenvalue weighted by molar-refractivity contribution is -0.128. The molecule has 6 nitrogen and oxygen atoms in total. The first kappa shape index (κ1) is 23.0. The standard InChI is InChI=1S/C26H26ClN3O3S/c1-15-5-4-6-18(11-15)13-29-25-23(20-9-10-28(17(3)31)14-22(20)34-25)24(32)30(26(29)33)21-12-19(27)8-7-16(21)2/h4-8,11-12,23,25H,9-10,13-14H2,1-3H3. The number of aryl methyl sites for hydroxylation is 2. The number of urea groups is 1. The summed E-state index contributed by atoms with van der Waals surface area (Å²) in [7, 11) is 0. The van der Waals surface area contributed by atoms with Crippen molar-refractivity contribution in [2.75, 3.05) is 18.0 Å². The Kier molecular flexibility index (Phi) is 5.94. The summed E-state index contributed by atoms with van der Waals surface area (Å²) in [6.07, 6.45) is 0.643. The fraction of sp³-hybridized carbons (Fsp3) is 0.346. The zero-order valence-electron chi connectivity index (χ0n) is 19.4. The molecule has 3 aliphatic rings. The molecule has 1 fully saturated rings. The molecule has 34 heavy (non-hydrogen) atoms. The first-order chi connectivity index (χ1) is 16.2. The molecular formula is C26H26ClN3O3S. The number of amides is 4. The average Bonchev–Trinajstić information content (AvgIpc) is 3.18. The lowest BCUT2D eigenvalue weighted by Crippen LogP contribution is -2.60. The predicted octanol–water partition coefficient (Wildman–Crippen LogP) is 5.12. The second-order valence-electron chi connectivity index (χ2n) is 9.13. The highest BCUT2D eigenvalue weighted by Gasteiger charge is 2.53. The molecule has 1 saturated heterocycles. The Bertz CT molecular complexity index is 1240. The number of imide groups is 1. The molecule has 3 heterocycles. The van der Waals surface area contributed by atoms with E-state index in [0.29, 0.717) is 36.8 Å². The zero-order chi connectivity index (χ0) is 24.1. The Morgan fingerprint density at radius 2 is 1.94 bits per heavy atom. The van der Waals surface area contributed by atoms with E-state index in [1.165, 1.54) is 4.90 Å². The molecule has 2 aromatic carbocycles. The molecule has 5 rings (SSSR count). The van der Waals surface area contributed by atoms with E-state index in [2.05, 4.69) is 6.07 Å². The van der Waals surface area contributed by atoms with Gasteiger partial charge in [-0.05, 0) is 49.1 Å². The van der Waals surface area contributed by atoms with Crippen LogP contribution in [0.15, 0.2) is 52.9 Å². The largest absolute Gasteiger partial charge is 0.338 e. The van der Waals surface area contributed by atoms with Crippen molar-refractivity contribution in [3.05, 3.63) is 74.7 Å². The summed E-state index contributed by atoms with van der Waals surface area (Å²) < 4.78 is 0. The van der Waals surface area contributed by atoms with Gasteiger partial charge in [0.1, 0.15) is 0 Å². The quantitative estimate of drug-likeness (QED) is 0.593. The summed E-state index contributed by atoms with van der Waals surface area (Å²) >= 11 is 7.83. The second kappa shape index (κ2) is 8.78. The van der Waals surface area contributed by atoms with Gasteiger partial charge in [-0.15, -0.1) is 11.8 Å². The molecule has 8 heteroatoms. The van der Waals surface area contributed by atoms with E-state index in [9.17, 15) is 14.4 Å². The summed E-state index contributed by atoms with van der Waals surface area (Å²) in [5.41, 5.74) is 4.52. The molecule has 0 radical (unpaired) electrons. The van der Waals surface area contributed by atoms with Gasteiger partial charge in [0.15, 0.2) is 0 Å². The van der Waals surface area contributed by atoms with Crippen LogP contribution in [0.2, 0.25) is 5.02 Å². The van der Waals surface area contributed by atoms with E-state index < -0.39 is 5.92 Å². The topological polar surface area (TPSA) is 60.9 Å². The van der Waals surface area contributed by atoms with Crippen LogP contribution in [0.25, 0.3) is 0 Å². The van der Waals surface area contributed by atoms with Crippen molar-refractivity contribution >= 4 is 46.9 Å². The van der Waals surface area contributed by atoms with Crippen LogP contribution >= 0.6 is 23.4 Å². The normalized spacial score (nSPS) is 22.3. The van der Waals surface area contributed by atoms with Gasteiger partial charge in [0.25, 0.3) is 0 Å². The lowest BCUT2D eigenvalue weighted by Gasteiger charge is -2.42. The third kappa shape index (κ3) is 3.91. The van der Waals surface area contributed by atoms with Gasteiger partial charge in [0, 0.05) is 29.9 Å². The third-order valence-corrected chi connectivity index (χ3v) is 8.47. The van der Waals surface area contributed by atoms with Crippen molar-refractivity contribution in [3.8, 4) is 0 Å². The molecule has 2 aromatic rings. The smallest absolute Gasteiger partial charge is 0.332 e. The van der Waals surface area contributed by atoms with Gasteiger partial charge in [-0.25, -0.2) is 9.69 Å². The molecule has 0 saturated carbocycles. The van der Waals surface area contributed by atoms with Crippen molar-refractivity contribution in [3.63, 3.8) is 0 Å². The van der Waals surface area contributed by atoms with Crippen LogP contribution in [0.3, 0.4) is 0 Å². The monoisotopic (exact) mass is 495 g/mol. The van der Waals surface area contributed by atoms with Crippen molar-refractivity contribution < 1.29 is 14.4 Å². The van der Waals surface area contributed by atoms with E-state index >= 15 is 0 Å². The highest BCUT2D eigenvalue weighted by atomic mass is 35.5. The van der Waals surface area contributed by atoms with Crippen LogP contribution in [-0.2, 0) is 16.1 Å². The number of halogens is 1. The van der Waals surface area contributed by atoms with E-state index in [1.54, 1.807) is 35.7 Å². The molecule has 2 atom stereocenters. The molecule has 0 aliphatic carbocycles. The highest BCUT2D eigenvalue weighted by molar-refractivity contribution is 8.04. The Morgan fingerprint density at radius 1 is 1.15 bits per heavy atom. The molecule has 0 spiro atoms. The number of fused-ring (bicyclic) bond motifs is 2. The first-order valence-corrected chi connectivity index (χ1v) is 12.6. The van der Waals surface area contributed by atoms with Crippen LogP contribution in [0.1, 0.15) is 30.0 Å². The number of rotatable bonds is 3. The second-order valence-corrected chi connectivity index (χ2v) is 10.8. The number of nitrogens with zero attached hydrogens (tertiary/aromatic N) is 3. The number of hydrogen-bond acceptors (Lipinski definition) is 4. The molecule has 4 amide bonds. The van der Waals surface area contributed by atoms with E-state index in [0.717, 1.165) is 27.2 Å². The van der Waals surface area contributed by atoms with Gasteiger partial charge in [0.05, 0.1) is 23.5 Å². The Hall–Kier alpha value is -2.77. The summed E-state index contributed by atoms with van der Waals surface area (Å²) in [5.74, 6) is -0.623. The molecule has 2 unspecified atom stereocenters. The molecule has 176 valence electrons. The number of thioether (sulfide) groups is 1. The Labute approximate surface area is 208 Å². The highest BCUT2D eigenvalue weighted by Crippen LogP contribution is 2.51. The van der Waals surface area contributed by atoms with Crippen molar-refractivity contribution in [1.82, 2.24) is 9.80 Å². The van der Waals surface area contributed by atoms with Crippen LogP contribution < -0.4 is 4.90 Å². The third-order valence-electron chi connectivity index (χ3n) is 6.79. The minimum absolute atomic E-state index is 0.0252. The van der Waals surface area contributed by atoms with Crippen LogP contribution in [0.4, 0.5) is 10.5 Å². The first-order valence-electron chi connectivity index (χ1n) is 11.3. The SMILES string of the molecule is CC(=O)N1CCC2=C(C1)SC1C2C(=O)N(c2cc(Cl)ccc2C)C(=O)N1Cc1cccc(C)c1. The van der Waals surface area contributed by atoms with E-state index in [1.807, 2.05) is 43.0 Å². The molecule has 3 aliphatic heterocycles. The summed E-state index contributed by atoms with van der Waals surface area (Å²) in [6.45, 7) is 6.96. The van der Waals surface area contributed by atoms with Crippen LogP contribution in [0, 0.1) is 19.8 Å². The fourth-order valence-electron chi connectivity index (χ4n) is 5.04. The fourth-order valence-corrected chi connectivity index (χ4v) is 6.82. The van der Waals surface area contributed by atoms with Gasteiger partial charge in [-0.2, -0.15) is 0 Å². The number of carbonyl (C=O) groups is 3. The van der Waals surface area contributed by atoms with Crippen LogP contribution in [-0.4, -0.2) is 46.1 Å².